The van der Waals surface area contributed by atoms with Crippen molar-refractivity contribution in [3.05, 3.63) is 81.0 Å². The van der Waals surface area contributed by atoms with Crippen LogP contribution >= 0.6 is 12.2 Å². The predicted molar refractivity (Wildman–Crippen MR) is 115 cm³/mol. The highest BCUT2D eigenvalue weighted by atomic mass is 32.1. The number of rotatable bonds is 5. The Balaban J connectivity index is 2.13. The number of nitrogens with one attached hydrogen (secondary N) is 1. The molecule has 3 rings (SSSR count). The first-order valence-corrected chi connectivity index (χ1v) is 9.53. The van der Waals surface area contributed by atoms with Crippen LogP contribution < -0.4 is 10.2 Å². The van der Waals surface area contributed by atoms with Gasteiger partial charge in [-0.3, -0.25) is 15.0 Å². The van der Waals surface area contributed by atoms with Crippen molar-refractivity contribution in [2.75, 3.05) is 11.5 Å². The lowest BCUT2D eigenvalue weighted by molar-refractivity contribution is -0.384. The molecule has 1 aliphatic rings. The van der Waals surface area contributed by atoms with Crippen molar-refractivity contribution in [2.24, 2.45) is 0 Å². The van der Waals surface area contributed by atoms with E-state index in [-0.39, 0.29) is 12.3 Å². The van der Waals surface area contributed by atoms with E-state index >= 15 is 0 Å². The first-order valence-electron chi connectivity index (χ1n) is 9.13. The summed E-state index contributed by atoms with van der Waals surface area (Å²) >= 11 is 5.58. The van der Waals surface area contributed by atoms with Crippen LogP contribution in [0.4, 0.5) is 11.4 Å². The first-order chi connectivity index (χ1) is 13.8. The van der Waals surface area contributed by atoms with Crippen LogP contribution in [0.25, 0.3) is 0 Å². The van der Waals surface area contributed by atoms with Crippen molar-refractivity contribution in [1.29, 1.82) is 0 Å². The fourth-order valence-electron chi connectivity index (χ4n) is 3.29. The minimum atomic E-state index is -0.650. The number of hydrogen-bond acceptors (Lipinski definition) is 5. The second-order valence-electron chi connectivity index (χ2n) is 6.63. The van der Waals surface area contributed by atoms with Gasteiger partial charge in [-0.2, -0.15) is 0 Å². The van der Waals surface area contributed by atoms with Gasteiger partial charge < -0.3 is 10.1 Å². The van der Waals surface area contributed by atoms with E-state index in [1.807, 2.05) is 31.2 Å². The molecule has 1 N–H and O–H groups in total. The van der Waals surface area contributed by atoms with Crippen molar-refractivity contribution in [3.8, 4) is 0 Å². The van der Waals surface area contributed by atoms with Gasteiger partial charge in [0, 0.05) is 23.5 Å². The third kappa shape index (κ3) is 4.12. The van der Waals surface area contributed by atoms with E-state index in [2.05, 4.69) is 5.32 Å². The molecule has 1 heterocycles. The van der Waals surface area contributed by atoms with Crippen LogP contribution in [-0.2, 0) is 9.53 Å². The highest BCUT2D eigenvalue weighted by molar-refractivity contribution is 7.80. The van der Waals surface area contributed by atoms with Gasteiger partial charge in [0.05, 0.1) is 23.1 Å². The van der Waals surface area contributed by atoms with Crippen LogP contribution in [0, 0.1) is 17.0 Å². The molecule has 0 aromatic heterocycles. The Hall–Kier alpha value is -3.26. The molecule has 150 valence electrons. The quantitative estimate of drug-likeness (QED) is 0.342. The van der Waals surface area contributed by atoms with Crippen molar-refractivity contribution < 1.29 is 14.5 Å². The minimum Gasteiger partial charge on any atom is -0.463 e. The molecule has 1 atom stereocenters. The zero-order valence-electron chi connectivity index (χ0n) is 16.3. The molecule has 0 bridgehead atoms. The van der Waals surface area contributed by atoms with Gasteiger partial charge in [-0.25, -0.2) is 4.79 Å². The van der Waals surface area contributed by atoms with E-state index in [4.69, 9.17) is 17.0 Å². The molecule has 0 saturated heterocycles. The molecule has 29 heavy (non-hydrogen) atoms. The summed E-state index contributed by atoms with van der Waals surface area (Å²) in [4.78, 5) is 25.3. The van der Waals surface area contributed by atoms with Crippen LogP contribution in [0.15, 0.2) is 59.8 Å². The molecular formula is C21H21N3O4S. The van der Waals surface area contributed by atoms with Crippen LogP contribution in [0.1, 0.15) is 31.0 Å². The molecule has 0 fully saturated rings. The number of ether oxygens (including phenoxy) is 1. The van der Waals surface area contributed by atoms with E-state index in [0.717, 1.165) is 11.3 Å². The smallest absolute Gasteiger partial charge is 0.338 e. The van der Waals surface area contributed by atoms with Crippen LogP contribution in [0.2, 0.25) is 0 Å². The Morgan fingerprint density at radius 2 is 1.93 bits per heavy atom. The summed E-state index contributed by atoms with van der Waals surface area (Å²) in [5, 5.41) is 14.8. The number of carbonyl (C=O) groups is 1. The fourth-order valence-corrected chi connectivity index (χ4v) is 3.65. The maximum atomic E-state index is 12.8. The molecule has 1 aliphatic heterocycles. The Labute approximate surface area is 174 Å². The third-order valence-corrected chi connectivity index (χ3v) is 4.99. The highest BCUT2D eigenvalue weighted by Gasteiger charge is 2.35. The summed E-state index contributed by atoms with van der Waals surface area (Å²) in [6.07, 6.45) is 0. The topological polar surface area (TPSA) is 84.7 Å². The monoisotopic (exact) mass is 411 g/mol. The standard InChI is InChI=1S/C21H21N3O4S/c1-4-28-20(25)18-14(3)23(16-10-8-13(2)9-11-16)21(29)22-19(18)15-6-5-7-17(12-15)24(26)27/h5-12,19H,4H2,1-3H3,(H,22,29)/t19-/m1/s1. The van der Waals surface area contributed by atoms with Crippen molar-refractivity contribution >= 4 is 34.7 Å². The lowest BCUT2D eigenvalue weighted by Crippen LogP contribution is -2.48. The zero-order chi connectivity index (χ0) is 21.1. The maximum absolute atomic E-state index is 12.8. The SMILES string of the molecule is CCOC(=O)C1=C(C)N(c2ccc(C)cc2)C(=S)N[C@@H]1c1cccc([N+](=O)[O-])c1. The maximum Gasteiger partial charge on any atom is 0.338 e. The van der Waals surface area contributed by atoms with E-state index in [1.165, 1.54) is 12.1 Å². The third-order valence-electron chi connectivity index (χ3n) is 4.69. The van der Waals surface area contributed by atoms with Crippen LogP contribution in [-0.4, -0.2) is 22.6 Å². The largest absolute Gasteiger partial charge is 0.463 e. The number of carbonyl (C=O) groups excluding carboxylic acids is 1. The Kier molecular flexibility index (Phi) is 5.93. The molecule has 0 amide bonds. The van der Waals surface area contributed by atoms with Gasteiger partial charge in [0.15, 0.2) is 5.11 Å². The summed E-state index contributed by atoms with van der Waals surface area (Å²) in [6.45, 7) is 5.73. The molecule has 0 spiro atoms. The van der Waals surface area contributed by atoms with Gasteiger partial charge in [-0.15, -0.1) is 0 Å². The average molecular weight is 411 g/mol. The Bertz CT molecular complexity index is 1000. The van der Waals surface area contributed by atoms with E-state index in [1.54, 1.807) is 30.9 Å². The molecule has 0 aliphatic carbocycles. The number of anilines is 1. The van der Waals surface area contributed by atoms with E-state index in [9.17, 15) is 14.9 Å². The predicted octanol–water partition coefficient (Wildman–Crippen LogP) is 4.18. The van der Waals surface area contributed by atoms with Crippen LogP contribution in [0.3, 0.4) is 0 Å². The molecule has 2 aromatic carbocycles. The Morgan fingerprint density at radius 3 is 2.55 bits per heavy atom. The van der Waals surface area contributed by atoms with Crippen LogP contribution in [0.5, 0.6) is 0 Å². The first kappa shape index (κ1) is 20.5. The number of non-ortho nitro benzene ring substituents is 1. The van der Waals surface area contributed by atoms with Crippen molar-refractivity contribution in [3.63, 3.8) is 0 Å². The number of nitro groups is 1. The highest BCUT2D eigenvalue weighted by Crippen LogP contribution is 2.35. The summed E-state index contributed by atoms with van der Waals surface area (Å²) in [5.41, 5.74) is 3.40. The molecule has 0 saturated carbocycles. The summed E-state index contributed by atoms with van der Waals surface area (Å²) in [7, 11) is 0. The number of thiocarbonyl (C=S) groups is 1. The van der Waals surface area contributed by atoms with E-state index in [0.29, 0.717) is 21.9 Å². The summed E-state index contributed by atoms with van der Waals surface area (Å²) in [5.74, 6) is -0.492. The Morgan fingerprint density at radius 1 is 1.24 bits per heavy atom. The molecule has 7 nitrogen and oxygen atoms in total. The lowest BCUT2D eigenvalue weighted by atomic mass is 9.94. The summed E-state index contributed by atoms with van der Waals surface area (Å²) in [6, 6.07) is 13.3. The van der Waals surface area contributed by atoms with Gasteiger partial charge >= 0.3 is 5.97 Å². The van der Waals surface area contributed by atoms with E-state index < -0.39 is 16.9 Å². The van der Waals surface area contributed by atoms with Gasteiger partial charge in [-0.1, -0.05) is 29.8 Å². The number of allylic oxidation sites excluding steroid dienone is 1. The molecule has 8 heteroatoms. The number of esters is 1. The minimum absolute atomic E-state index is 0.0583. The second-order valence-corrected chi connectivity index (χ2v) is 7.01. The lowest BCUT2D eigenvalue weighted by Gasteiger charge is -2.37. The number of nitro benzene ring substituents is 1. The van der Waals surface area contributed by atoms with Crippen molar-refractivity contribution in [2.45, 2.75) is 26.8 Å². The van der Waals surface area contributed by atoms with Gasteiger partial charge in [0.2, 0.25) is 0 Å². The fraction of sp³-hybridized carbons (Fsp3) is 0.238. The molecule has 0 radical (unpaired) electrons. The average Bonchev–Trinajstić information content (AvgIpc) is 2.69. The molecule has 0 unspecified atom stereocenters. The number of aryl methyl sites for hydroxylation is 1. The van der Waals surface area contributed by atoms with Crippen molar-refractivity contribution in [1.82, 2.24) is 5.32 Å². The summed E-state index contributed by atoms with van der Waals surface area (Å²) < 4.78 is 5.28. The zero-order valence-corrected chi connectivity index (χ0v) is 17.2. The normalized spacial score (nSPS) is 16.4. The van der Waals surface area contributed by atoms with Gasteiger partial charge in [0.1, 0.15) is 0 Å². The van der Waals surface area contributed by atoms with Gasteiger partial charge in [-0.05, 0) is 50.7 Å². The molecule has 2 aromatic rings. The number of nitrogens with zero attached hydrogens (tertiary/aromatic N) is 2. The second kappa shape index (κ2) is 8.40. The molecular weight excluding hydrogens is 390 g/mol. The number of hydrogen-bond donors (Lipinski definition) is 1. The van der Waals surface area contributed by atoms with Gasteiger partial charge in [0.25, 0.3) is 5.69 Å². The number of benzene rings is 2.